The molecule has 13 heavy (non-hydrogen) atoms. The second-order valence-corrected chi connectivity index (χ2v) is 2.39. The molecule has 5 heteroatoms. The van der Waals surface area contributed by atoms with Crippen molar-refractivity contribution in [1.29, 1.82) is 0 Å². The summed E-state index contributed by atoms with van der Waals surface area (Å²) in [4.78, 5) is 10.9. The number of methoxy groups -OCH3 is 1. The molecule has 1 rings (SSSR count). The maximum absolute atomic E-state index is 12.8. The Morgan fingerprint density at radius 1 is 1.54 bits per heavy atom. The van der Waals surface area contributed by atoms with Crippen molar-refractivity contribution in [1.82, 2.24) is 0 Å². The minimum atomic E-state index is -0.636. The maximum Gasteiger partial charge on any atom is 0.337 e. The molecule has 1 aromatic rings. The first-order chi connectivity index (χ1) is 6.17. The summed E-state index contributed by atoms with van der Waals surface area (Å²) in [6, 6.07) is 3.47. The van der Waals surface area contributed by atoms with E-state index in [0.717, 1.165) is 19.6 Å². The minimum Gasteiger partial charge on any atom is -0.465 e. The summed E-state index contributed by atoms with van der Waals surface area (Å²) in [5.74, 6) is -1.23. The third kappa shape index (κ3) is 2.29. The lowest BCUT2D eigenvalue weighted by atomic mass is 9.87. The van der Waals surface area contributed by atoms with Crippen molar-refractivity contribution in [2.24, 2.45) is 0 Å². The molecule has 0 saturated heterocycles. The fraction of sp³-hybridized carbons (Fsp3) is 0.125. The van der Waals surface area contributed by atoms with Gasteiger partial charge in [0.2, 0.25) is 0 Å². The summed E-state index contributed by atoms with van der Waals surface area (Å²) in [5.41, 5.74) is 0.295. The molecular weight excluding hydrogens is 174 g/mol. The number of halogens is 1. The second-order valence-electron chi connectivity index (χ2n) is 2.39. The van der Waals surface area contributed by atoms with Crippen LogP contribution in [0.2, 0.25) is 0 Å². The Kier molecular flexibility index (Phi) is 3.03. The maximum atomic E-state index is 12.8. The van der Waals surface area contributed by atoms with Crippen LogP contribution in [0.5, 0.6) is 0 Å². The lowest BCUT2D eigenvalue weighted by Crippen LogP contribution is -2.16. The molecule has 0 bridgehead atoms. The Hall–Kier alpha value is -1.36. The summed E-state index contributed by atoms with van der Waals surface area (Å²) < 4.78 is 17.2. The summed E-state index contributed by atoms with van der Waals surface area (Å²) in [6.07, 6.45) is 0. The molecule has 3 nitrogen and oxygen atoms in total. The van der Waals surface area contributed by atoms with Crippen LogP contribution in [0.25, 0.3) is 0 Å². The van der Waals surface area contributed by atoms with Crippen molar-refractivity contribution in [3.8, 4) is 0 Å². The lowest BCUT2D eigenvalue weighted by molar-refractivity contribution is 0.0600. The molecule has 0 saturated carbocycles. The summed E-state index contributed by atoms with van der Waals surface area (Å²) >= 11 is 0. The fourth-order valence-electron chi connectivity index (χ4n) is 0.923. The van der Waals surface area contributed by atoms with Gasteiger partial charge in [-0.1, -0.05) is 6.07 Å². The van der Waals surface area contributed by atoms with Gasteiger partial charge in [-0.05, 0) is 17.6 Å². The quantitative estimate of drug-likeness (QED) is 0.509. The van der Waals surface area contributed by atoms with Crippen molar-refractivity contribution >= 4 is 18.9 Å². The predicted octanol–water partition coefficient (Wildman–Crippen LogP) is -0.151. The number of carbonyl (C=O) groups is 1. The van der Waals surface area contributed by atoms with Crippen LogP contribution < -0.4 is 5.46 Å². The van der Waals surface area contributed by atoms with Crippen molar-refractivity contribution in [3.63, 3.8) is 0 Å². The van der Waals surface area contributed by atoms with Crippen molar-refractivity contribution in [2.75, 3.05) is 7.11 Å². The van der Waals surface area contributed by atoms with Gasteiger partial charge in [0.25, 0.3) is 0 Å². The first kappa shape index (κ1) is 9.73. The Balaban J connectivity index is 3.08. The van der Waals surface area contributed by atoms with Crippen LogP contribution in [0, 0.1) is 5.82 Å². The largest absolute Gasteiger partial charge is 0.465 e. The Morgan fingerprint density at radius 2 is 2.23 bits per heavy atom. The molecule has 0 aromatic heterocycles. The van der Waals surface area contributed by atoms with E-state index >= 15 is 0 Å². The highest BCUT2D eigenvalue weighted by molar-refractivity contribution is 6.45. The van der Waals surface area contributed by atoms with Gasteiger partial charge >= 0.3 is 13.5 Å². The molecule has 0 atom stereocenters. The average Bonchev–Trinajstić information content (AvgIpc) is 2.15. The third-order valence-electron chi connectivity index (χ3n) is 1.49. The van der Waals surface area contributed by atoms with Crippen LogP contribution in [0.4, 0.5) is 4.39 Å². The number of hydrogen-bond donors (Lipinski definition) is 1. The van der Waals surface area contributed by atoms with Crippen LogP contribution in [0.3, 0.4) is 0 Å². The van der Waals surface area contributed by atoms with Gasteiger partial charge in [-0.3, -0.25) is 0 Å². The van der Waals surface area contributed by atoms with Crippen LogP contribution >= 0.6 is 0 Å². The van der Waals surface area contributed by atoms with E-state index in [1.165, 1.54) is 13.2 Å². The zero-order chi connectivity index (χ0) is 9.84. The summed E-state index contributed by atoms with van der Waals surface area (Å²) in [6.45, 7) is 0. The second kappa shape index (κ2) is 4.05. The van der Waals surface area contributed by atoms with Crippen LogP contribution in [-0.4, -0.2) is 25.6 Å². The van der Waals surface area contributed by atoms with Gasteiger partial charge in [-0.15, -0.1) is 0 Å². The van der Waals surface area contributed by atoms with Crippen molar-refractivity contribution < 1.29 is 18.9 Å². The van der Waals surface area contributed by atoms with E-state index < -0.39 is 11.8 Å². The Bertz CT molecular complexity index is 327. The van der Waals surface area contributed by atoms with E-state index in [0.29, 0.717) is 0 Å². The molecule has 0 spiro atoms. The van der Waals surface area contributed by atoms with E-state index in [1.54, 1.807) is 0 Å². The predicted molar refractivity (Wildman–Crippen MR) is 45.3 cm³/mol. The molecule has 1 N–H and O–H groups in total. The van der Waals surface area contributed by atoms with Crippen molar-refractivity contribution in [2.45, 2.75) is 0 Å². The summed E-state index contributed by atoms with van der Waals surface area (Å²) in [5, 5.41) is 8.60. The van der Waals surface area contributed by atoms with Crippen LogP contribution in [0.15, 0.2) is 18.2 Å². The molecule has 67 valence electrons. The van der Waals surface area contributed by atoms with Crippen molar-refractivity contribution in [3.05, 3.63) is 29.6 Å². The molecule has 0 aliphatic heterocycles. The van der Waals surface area contributed by atoms with Gasteiger partial charge in [0.1, 0.15) is 5.82 Å². The van der Waals surface area contributed by atoms with E-state index in [9.17, 15) is 9.18 Å². The normalized spacial score (nSPS) is 9.46. The molecule has 0 aliphatic carbocycles. The lowest BCUT2D eigenvalue weighted by Gasteiger charge is -2.01. The Morgan fingerprint density at radius 3 is 2.77 bits per heavy atom. The van der Waals surface area contributed by atoms with Gasteiger partial charge in [0, 0.05) is 0 Å². The van der Waals surface area contributed by atoms with Gasteiger partial charge < -0.3 is 9.76 Å². The van der Waals surface area contributed by atoms with Crippen LogP contribution in [0.1, 0.15) is 10.4 Å². The molecule has 0 heterocycles. The number of ether oxygens (including phenoxy) is 1. The minimum absolute atomic E-state index is 0.0720. The molecule has 1 radical (unpaired) electrons. The van der Waals surface area contributed by atoms with E-state index in [2.05, 4.69) is 4.74 Å². The smallest absolute Gasteiger partial charge is 0.337 e. The SMILES string of the molecule is COC(=O)c1cc(F)cc([B]O)c1. The highest BCUT2D eigenvalue weighted by Gasteiger charge is 2.08. The standard InChI is InChI=1S/C8H7BFO3/c1-13-8(11)5-2-6(9-12)4-7(10)3-5/h2-4,12H,1H3. The number of hydrogen-bond acceptors (Lipinski definition) is 3. The number of rotatable bonds is 2. The number of carbonyl (C=O) groups excluding carboxylic acids is 1. The first-order valence-electron chi connectivity index (χ1n) is 3.53. The third-order valence-corrected chi connectivity index (χ3v) is 1.49. The monoisotopic (exact) mass is 181 g/mol. The zero-order valence-electron chi connectivity index (χ0n) is 6.95. The highest BCUT2D eigenvalue weighted by atomic mass is 19.1. The highest BCUT2D eigenvalue weighted by Crippen LogP contribution is 2.02. The molecule has 0 amide bonds. The Labute approximate surface area is 75.4 Å². The van der Waals surface area contributed by atoms with E-state index in [-0.39, 0.29) is 11.0 Å². The topological polar surface area (TPSA) is 46.5 Å². The van der Waals surface area contributed by atoms with Crippen LogP contribution in [-0.2, 0) is 4.74 Å². The van der Waals surface area contributed by atoms with Gasteiger partial charge in [0.15, 0.2) is 0 Å². The molecule has 0 fully saturated rings. The molecule has 1 aromatic carbocycles. The summed E-state index contributed by atoms with van der Waals surface area (Å²) in [7, 11) is 1.92. The van der Waals surface area contributed by atoms with E-state index in [1.807, 2.05) is 0 Å². The number of benzene rings is 1. The van der Waals surface area contributed by atoms with E-state index in [4.69, 9.17) is 5.02 Å². The van der Waals surface area contributed by atoms with Gasteiger partial charge in [-0.25, -0.2) is 9.18 Å². The molecule has 0 unspecified atom stereocenters. The zero-order valence-corrected chi connectivity index (χ0v) is 6.95. The van der Waals surface area contributed by atoms with Gasteiger partial charge in [0.05, 0.1) is 12.7 Å². The number of esters is 1. The fourth-order valence-corrected chi connectivity index (χ4v) is 0.923. The average molecular weight is 181 g/mol. The molecular formula is C8H7BFO3. The first-order valence-corrected chi connectivity index (χ1v) is 3.53. The van der Waals surface area contributed by atoms with Gasteiger partial charge in [-0.2, -0.15) is 0 Å². The molecule has 0 aliphatic rings.